The van der Waals surface area contributed by atoms with E-state index in [4.69, 9.17) is 14.2 Å². The average molecular weight is 427 g/mol. The van der Waals surface area contributed by atoms with Gasteiger partial charge in [0.25, 0.3) is 0 Å². The first-order valence-electron chi connectivity index (χ1n) is 10.8. The average Bonchev–Trinajstić information content (AvgIpc) is 3.28. The molecule has 1 unspecified atom stereocenters. The van der Waals surface area contributed by atoms with Gasteiger partial charge in [0.15, 0.2) is 5.96 Å². The lowest BCUT2D eigenvalue weighted by Gasteiger charge is -2.17. The Balaban J connectivity index is 1.59. The minimum atomic E-state index is 0.470. The van der Waals surface area contributed by atoms with Gasteiger partial charge in [-0.05, 0) is 38.8 Å². The van der Waals surface area contributed by atoms with Gasteiger partial charge in [-0.25, -0.2) is 0 Å². The molecule has 1 aromatic carbocycles. The highest BCUT2D eigenvalue weighted by atomic mass is 16.5. The van der Waals surface area contributed by atoms with Gasteiger partial charge < -0.3 is 24.8 Å². The molecule has 7 nitrogen and oxygen atoms in total. The molecule has 1 fully saturated rings. The molecular formula is C24H34N4O3. The Hall–Kier alpha value is -2.80. The van der Waals surface area contributed by atoms with Crippen molar-refractivity contribution in [3.63, 3.8) is 0 Å². The lowest BCUT2D eigenvalue weighted by atomic mass is 10.1. The van der Waals surface area contributed by atoms with Crippen molar-refractivity contribution < 1.29 is 14.2 Å². The largest absolute Gasteiger partial charge is 0.496 e. The summed E-state index contributed by atoms with van der Waals surface area (Å²) in [5.41, 5.74) is 5.28. The fourth-order valence-corrected chi connectivity index (χ4v) is 3.68. The molecule has 1 atom stereocenters. The minimum Gasteiger partial charge on any atom is -0.496 e. The third kappa shape index (κ3) is 6.10. The number of guanidine groups is 1. The van der Waals surface area contributed by atoms with Crippen LogP contribution in [0.2, 0.25) is 0 Å². The maximum atomic E-state index is 6.15. The number of methoxy groups -OCH3 is 1. The van der Waals surface area contributed by atoms with Crippen molar-refractivity contribution >= 4 is 5.96 Å². The molecule has 1 aliphatic heterocycles. The van der Waals surface area contributed by atoms with E-state index >= 15 is 0 Å². The summed E-state index contributed by atoms with van der Waals surface area (Å²) in [5.74, 6) is 2.97. The number of aryl methyl sites for hydroxylation is 2. The SMILES string of the molecule is CN=C(NCc1ccc(C)cc1OCC1CCOC1)NCc1ncc(C)c(OC)c1C. The van der Waals surface area contributed by atoms with Gasteiger partial charge >= 0.3 is 0 Å². The fraction of sp³-hybridized carbons (Fsp3) is 0.500. The topological polar surface area (TPSA) is 77.0 Å². The summed E-state index contributed by atoms with van der Waals surface area (Å²) in [6.07, 6.45) is 2.90. The van der Waals surface area contributed by atoms with E-state index in [-0.39, 0.29) is 0 Å². The van der Waals surface area contributed by atoms with Gasteiger partial charge in [0.2, 0.25) is 0 Å². The van der Waals surface area contributed by atoms with Crippen LogP contribution in [0.5, 0.6) is 11.5 Å². The third-order valence-electron chi connectivity index (χ3n) is 5.56. The van der Waals surface area contributed by atoms with Gasteiger partial charge in [0.1, 0.15) is 11.5 Å². The predicted molar refractivity (Wildman–Crippen MR) is 123 cm³/mol. The van der Waals surface area contributed by atoms with Gasteiger partial charge in [-0.15, -0.1) is 0 Å². The Labute approximate surface area is 185 Å². The molecule has 7 heteroatoms. The molecule has 0 spiro atoms. The zero-order valence-electron chi connectivity index (χ0n) is 19.2. The summed E-state index contributed by atoms with van der Waals surface area (Å²) >= 11 is 0. The fourth-order valence-electron chi connectivity index (χ4n) is 3.68. The summed E-state index contributed by atoms with van der Waals surface area (Å²) in [7, 11) is 3.45. The molecule has 1 aromatic heterocycles. The van der Waals surface area contributed by atoms with Crippen LogP contribution in [0.25, 0.3) is 0 Å². The second-order valence-corrected chi connectivity index (χ2v) is 7.98. The van der Waals surface area contributed by atoms with E-state index < -0.39 is 0 Å². The van der Waals surface area contributed by atoms with E-state index in [0.29, 0.717) is 31.6 Å². The molecule has 1 aliphatic rings. The zero-order chi connectivity index (χ0) is 22.2. The molecule has 168 valence electrons. The molecule has 0 aliphatic carbocycles. The monoisotopic (exact) mass is 426 g/mol. The smallest absolute Gasteiger partial charge is 0.191 e. The lowest BCUT2D eigenvalue weighted by molar-refractivity contribution is 0.166. The van der Waals surface area contributed by atoms with Gasteiger partial charge in [-0.3, -0.25) is 9.98 Å². The van der Waals surface area contributed by atoms with Gasteiger partial charge in [0.05, 0.1) is 32.6 Å². The first kappa shape index (κ1) is 22.9. The second kappa shape index (κ2) is 11.0. The highest BCUT2D eigenvalue weighted by molar-refractivity contribution is 5.79. The summed E-state index contributed by atoms with van der Waals surface area (Å²) in [6.45, 7) is 9.57. The molecule has 2 N–H and O–H groups in total. The highest BCUT2D eigenvalue weighted by Gasteiger charge is 2.17. The zero-order valence-corrected chi connectivity index (χ0v) is 19.2. The molecule has 3 rings (SSSR count). The molecule has 0 radical (unpaired) electrons. The summed E-state index contributed by atoms with van der Waals surface area (Å²) in [4.78, 5) is 8.88. The molecule has 0 amide bonds. The van der Waals surface area contributed by atoms with Crippen LogP contribution in [0.3, 0.4) is 0 Å². The molecule has 2 aromatic rings. The van der Waals surface area contributed by atoms with Crippen molar-refractivity contribution in [3.05, 3.63) is 52.3 Å². The van der Waals surface area contributed by atoms with E-state index in [1.807, 2.05) is 20.0 Å². The van der Waals surface area contributed by atoms with Gasteiger partial charge in [0, 0.05) is 49.0 Å². The van der Waals surface area contributed by atoms with Crippen molar-refractivity contribution in [1.29, 1.82) is 0 Å². The van der Waals surface area contributed by atoms with Crippen molar-refractivity contribution in [2.24, 2.45) is 10.9 Å². The van der Waals surface area contributed by atoms with Crippen LogP contribution >= 0.6 is 0 Å². The number of hydrogen-bond donors (Lipinski definition) is 2. The maximum Gasteiger partial charge on any atom is 0.191 e. The minimum absolute atomic E-state index is 0.470. The van der Waals surface area contributed by atoms with Crippen LogP contribution in [0, 0.1) is 26.7 Å². The van der Waals surface area contributed by atoms with E-state index in [2.05, 4.69) is 45.7 Å². The van der Waals surface area contributed by atoms with Crippen molar-refractivity contribution in [1.82, 2.24) is 15.6 Å². The van der Waals surface area contributed by atoms with Crippen LogP contribution < -0.4 is 20.1 Å². The Kier molecular flexibility index (Phi) is 8.12. The van der Waals surface area contributed by atoms with Crippen molar-refractivity contribution in [2.75, 3.05) is 34.0 Å². The number of aliphatic imine (C=N–C) groups is 1. The Morgan fingerprint density at radius 2 is 2.03 bits per heavy atom. The molecule has 0 bridgehead atoms. The first-order valence-corrected chi connectivity index (χ1v) is 10.8. The summed E-state index contributed by atoms with van der Waals surface area (Å²) in [5, 5.41) is 6.72. The number of nitrogens with zero attached hydrogens (tertiary/aromatic N) is 2. The Morgan fingerprint density at radius 3 is 2.74 bits per heavy atom. The number of aromatic nitrogens is 1. The Bertz CT molecular complexity index is 908. The van der Waals surface area contributed by atoms with Gasteiger partial charge in [-0.1, -0.05) is 12.1 Å². The maximum absolute atomic E-state index is 6.15. The number of pyridine rings is 1. The van der Waals surface area contributed by atoms with Crippen LogP contribution in [0.4, 0.5) is 0 Å². The van der Waals surface area contributed by atoms with Crippen molar-refractivity contribution in [2.45, 2.75) is 40.3 Å². The standard InChI is InChI=1S/C24H34N4O3/c1-16-6-7-20(22(10-16)31-15-19-8-9-30-14-19)12-27-24(25-4)28-13-21-18(3)23(29-5)17(2)11-26-21/h6-7,10-11,19H,8-9,12-15H2,1-5H3,(H2,25,27,28). The second-order valence-electron chi connectivity index (χ2n) is 7.98. The number of hydrogen-bond acceptors (Lipinski definition) is 5. The molecule has 0 saturated carbocycles. The van der Waals surface area contributed by atoms with E-state index in [9.17, 15) is 0 Å². The summed E-state index contributed by atoms with van der Waals surface area (Å²) < 4.78 is 17.1. The molecule has 1 saturated heterocycles. The highest BCUT2D eigenvalue weighted by Crippen LogP contribution is 2.24. The van der Waals surface area contributed by atoms with Crippen LogP contribution in [-0.4, -0.2) is 44.9 Å². The predicted octanol–water partition coefficient (Wildman–Crippen LogP) is 3.30. The number of benzene rings is 1. The van der Waals surface area contributed by atoms with Crippen LogP contribution in [0.1, 0.15) is 34.4 Å². The van der Waals surface area contributed by atoms with E-state index in [1.165, 1.54) is 5.56 Å². The normalized spacial score (nSPS) is 16.3. The third-order valence-corrected chi connectivity index (χ3v) is 5.56. The first-order chi connectivity index (χ1) is 15.0. The summed E-state index contributed by atoms with van der Waals surface area (Å²) in [6, 6.07) is 6.30. The lowest BCUT2D eigenvalue weighted by Crippen LogP contribution is -2.36. The van der Waals surface area contributed by atoms with Crippen LogP contribution in [0.15, 0.2) is 29.4 Å². The van der Waals surface area contributed by atoms with Crippen LogP contribution in [-0.2, 0) is 17.8 Å². The quantitative estimate of drug-likeness (QED) is 0.498. The number of nitrogens with one attached hydrogen (secondary N) is 2. The molecule has 31 heavy (non-hydrogen) atoms. The number of ether oxygens (including phenoxy) is 3. The molecular weight excluding hydrogens is 392 g/mol. The van der Waals surface area contributed by atoms with Crippen molar-refractivity contribution in [3.8, 4) is 11.5 Å². The van der Waals surface area contributed by atoms with E-state index in [0.717, 1.165) is 53.5 Å². The molecule has 2 heterocycles. The number of rotatable bonds is 8. The Morgan fingerprint density at radius 1 is 1.23 bits per heavy atom. The van der Waals surface area contributed by atoms with Gasteiger partial charge in [-0.2, -0.15) is 0 Å². The van der Waals surface area contributed by atoms with E-state index in [1.54, 1.807) is 14.2 Å².